The molecule has 0 saturated carbocycles. The summed E-state index contributed by atoms with van der Waals surface area (Å²) in [6.07, 6.45) is 2.62. The van der Waals surface area contributed by atoms with Gasteiger partial charge in [-0.25, -0.2) is 4.68 Å². The normalized spacial score (nSPS) is 13.0. The van der Waals surface area contributed by atoms with E-state index in [1.807, 2.05) is 26.8 Å². The molecule has 2 aromatic rings. The Labute approximate surface area is 123 Å². The number of nitrogens with one attached hydrogen (secondary N) is 1. The van der Waals surface area contributed by atoms with Gasteiger partial charge in [-0.1, -0.05) is 38.1 Å². The van der Waals surface area contributed by atoms with Crippen LogP contribution in [0.2, 0.25) is 0 Å². The molecule has 1 aromatic heterocycles. The van der Waals surface area contributed by atoms with Gasteiger partial charge in [0.25, 0.3) is 5.91 Å². The fraction of sp³-hybridized carbons (Fsp3) is 0.400. The van der Waals surface area contributed by atoms with Crippen molar-refractivity contribution in [1.82, 2.24) is 20.3 Å². The summed E-state index contributed by atoms with van der Waals surface area (Å²) in [4.78, 5) is 12.3. The zero-order valence-corrected chi connectivity index (χ0v) is 12.4. The molecule has 112 valence electrons. The minimum Gasteiger partial charge on any atom is -0.391 e. The number of amides is 1. The lowest BCUT2D eigenvalue weighted by Gasteiger charge is -2.26. The minimum absolute atomic E-state index is 0.202. The second kappa shape index (κ2) is 6.05. The summed E-state index contributed by atoms with van der Waals surface area (Å²) in [6, 6.07) is 7.13. The molecular formula is C15H20N4O2. The quantitative estimate of drug-likeness (QED) is 0.891. The number of rotatable bonds is 4. The summed E-state index contributed by atoms with van der Waals surface area (Å²) >= 11 is 0. The molecule has 21 heavy (non-hydrogen) atoms. The van der Waals surface area contributed by atoms with Crippen molar-refractivity contribution in [3.63, 3.8) is 0 Å². The Morgan fingerprint density at radius 2 is 2.10 bits per heavy atom. The van der Waals surface area contributed by atoms with E-state index in [4.69, 9.17) is 0 Å². The van der Waals surface area contributed by atoms with Crippen molar-refractivity contribution in [3.8, 4) is 5.69 Å². The van der Waals surface area contributed by atoms with Crippen LogP contribution in [0.25, 0.3) is 5.69 Å². The van der Waals surface area contributed by atoms with Crippen LogP contribution in [0.5, 0.6) is 0 Å². The standard InChI is InChI=1S/C15H20N4O2/c1-15(2,3)13(20)10-16-14(21)11-6-4-5-7-12(11)19-9-8-17-18-19/h4-9,13,20H,10H2,1-3H3,(H,16,21)/t13-/m1/s1. The highest BCUT2D eigenvalue weighted by Gasteiger charge is 2.23. The van der Waals surface area contributed by atoms with Crippen molar-refractivity contribution >= 4 is 5.91 Å². The maximum Gasteiger partial charge on any atom is 0.253 e. The monoisotopic (exact) mass is 288 g/mol. The molecule has 0 aliphatic carbocycles. The number of aliphatic hydroxyl groups is 1. The first-order valence-corrected chi connectivity index (χ1v) is 6.81. The number of carbonyl (C=O) groups is 1. The third-order valence-corrected chi connectivity index (χ3v) is 3.27. The lowest BCUT2D eigenvalue weighted by Crippen LogP contribution is -2.39. The number of hydrogen-bond donors (Lipinski definition) is 2. The Kier molecular flexibility index (Phi) is 4.37. The van der Waals surface area contributed by atoms with Crippen LogP contribution in [0, 0.1) is 5.41 Å². The minimum atomic E-state index is -0.611. The van der Waals surface area contributed by atoms with Gasteiger partial charge in [0, 0.05) is 6.54 Å². The van der Waals surface area contributed by atoms with Crippen LogP contribution >= 0.6 is 0 Å². The first-order valence-electron chi connectivity index (χ1n) is 6.81. The summed E-state index contributed by atoms with van der Waals surface area (Å²) in [7, 11) is 0. The Hall–Kier alpha value is -2.21. The SMILES string of the molecule is CC(C)(C)[C@H](O)CNC(=O)c1ccccc1-n1ccnn1. The molecule has 2 rings (SSSR count). The van der Waals surface area contributed by atoms with E-state index >= 15 is 0 Å². The van der Waals surface area contributed by atoms with E-state index in [-0.39, 0.29) is 17.9 Å². The molecule has 2 N–H and O–H groups in total. The largest absolute Gasteiger partial charge is 0.391 e. The first-order chi connectivity index (χ1) is 9.89. The highest BCUT2D eigenvalue weighted by molar-refractivity contribution is 5.97. The molecule has 6 nitrogen and oxygen atoms in total. The van der Waals surface area contributed by atoms with Crippen LogP contribution in [0.15, 0.2) is 36.7 Å². The molecule has 0 aliphatic rings. The molecule has 1 amide bonds. The molecule has 1 aromatic carbocycles. The second-order valence-corrected chi connectivity index (χ2v) is 5.96. The van der Waals surface area contributed by atoms with E-state index in [1.165, 1.54) is 4.68 Å². The molecule has 0 fully saturated rings. The van der Waals surface area contributed by atoms with Gasteiger partial charge in [-0.15, -0.1) is 5.10 Å². The van der Waals surface area contributed by atoms with Gasteiger partial charge in [-0.3, -0.25) is 4.79 Å². The lowest BCUT2D eigenvalue weighted by molar-refractivity contribution is 0.0587. The Morgan fingerprint density at radius 1 is 1.38 bits per heavy atom. The molecule has 1 atom stereocenters. The number of benzene rings is 1. The van der Waals surface area contributed by atoms with Crippen LogP contribution < -0.4 is 5.32 Å². The Balaban J connectivity index is 2.14. The summed E-state index contributed by atoms with van der Waals surface area (Å²) in [5.41, 5.74) is 0.862. The van der Waals surface area contributed by atoms with Gasteiger partial charge in [0.05, 0.1) is 29.7 Å². The van der Waals surface area contributed by atoms with Gasteiger partial charge >= 0.3 is 0 Å². The van der Waals surface area contributed by atoms with Gasteiger partial charge < -0.3 is 10.4 Å². The smallest absolute Gasteiger partial charge is 0.253 e. The first kappa shape index (κ1) is 15.2. The number of aromatic nitrogens is 3. The number of hydrogen-bond acceptors (Lipinski definition) is 4. The van der Waals surface area contributed by atoms with Gasteiger partial charge in [0.1, 0.15) is 0 Å². The third-order valence-electron chi connectivity index (χ3n) is 3.27. The van der Waals surface area contributed by atoms with E-state index in [0.717, 1.165) is 0 Å². The van der Waals surface area contributed by atoms with E-state index in [9.17, 15) is 9.90 Å². The predicted octanol–water partition coefficient (Wildman–Crippen LogP) is 1.40. The van der Waals surface area contributed by atoms with Gasteiger partial charge in [0.15, 0.2) is 0 Å². The van der Waals surface area contributed by atoms with Crippen molar-refractivity contribution < 1.29 is 9.90 Å². The molecule has 0 bridgehead atoms. The summed E-state index contributed by atoms with van der Waals surface area (Å²) in [6.45, 7) is 5.97. The topological polar surface area (TPSA) is 80.0 Å². The highest BCUT2D eigenvalue weighted by Crippen LogP contribution is 2.18. The van der Waals surface area contributed by atoms with Crippen LogP contribution in [0.4, 0.5) is 0 Å². The van der Waals surface area contributed by atoms with E-state index in [1.54, 1.807) is 30.6 Å². The van der Waals surface area contributed by atoms with Crippen molar-refractivity contribution in [3.05, 3.63) is 42.2 Å². The molecule has 0 spiro atoms. The Bertz CT molecular complexity index is 602. The Morgan fingerprint density at radius 3 is 2.71 bits per heavy atom. The van der Waals surface area contributed by atoms with E-state index in [0.29, 0.717) is 11.3 Å². The van der Waals surface area contributed by atoms with Crippen LogP contribution in [-0.2, 0) is 0 Å². The predicted molar refractivity (Wildman–Crippen MR) is 79.2 cm³/mol. The number of para-hydroxylation sites is 1. The second-order valence-electron chi connectivity index (χ2n) is 5.96. The van der Waals surface area contributed by atoms with Crippen molar-refractivity contribution in [2.45, 2.75) is 26.9 Å². The average Bonchev–Trinajstić information content (AvgIpc) is 2.97. The van der Waals surface area contributed by atoms with Crippen molar-refractivity contribution in [2.24, 2.45) is 5.41 Å². The molecule has 1 heterocycles. The number of carbonyl (C=O) groups excluding carboxylic acids is 1. The molecule has 6 heteroatoms. The van der Waals surface area contributed by atoms with E-state index < -0.39 is 6.10 Å². The number of nitrogens with zero attached hydrogens (tertiary/aromatic N) is 3. The molecule has 0 saturated heterocycles. The van der Waals surface area contributed by atoms with Crippen LogP contribution in [0.3, 0.4) is 0 Å². The van der Waals surface area contributed by atoms with Crippen molar-refractivity contribution in [2.75, 3.05) is 6.54 Å². The third kappa shape index (κ3) is 3.66. The van der Waals surface area contributed by atoms with Crippen LogP contribution in [0.1, 0.15) is 31.1 Å². The van der Waals surface area contributed by atoms with Crippen LogP contribution in [-0.4, -0.2) is 38.7 Å². The average molecular weight is 288 g/mol. The maximum atomic E-state index is 12.3. The molecule has 0 unspecified atom stereocenters. The maximum absolute atomic E-state index is 12.3. The summed E-state index contributed by atoms with van der Waals surface area (Å²) in [5.74, 6) is -0.246. The van der Waals surface area contributed by atoms with E-state index in [2.05, 4.69) is 15.6 Å². The van der Waals surface area contributed by atoms with Gasteiger partial charge in [-0.05, 0) is 17.5 Å². The zero-order valence-electron chi connectivity index (χ0n) is 12.4. The molecule has 0 aliphatic heterocycles. The van der Waals surface area contributed by atoms with Crippen molar-refractivity contribution in [1.29, 1.82) is 0 Å². The summed E-state index contributed by atoms with van der Waals surface area (Å²) < 4.78 is 1.54. The summed E-state index contributed by atoms with van der Waals surface area (Å²) in [5, 5.41) is 20.4. The van der Waals surface area contributed by atoms with Gasteiger partial charge in [0.2, 0.25) is 0 Å². The fourth-order valence-electron chi connectivity index (χ4n) is 1.79. The number of aliphatic hydroxyl groups excluding tert-OH is 1. The highest BCUT2D eigenvalue weighted by atomic mass is 16.3. The molecular weight excluding hydrogens is 268 g/mol. The fourth-order valence-corrected chi connectivity index (χ4v) is 1.79. The molecule has 0 radical (unpaired) electrons. The zero-order chi connectivity index (χ0) is 15.5. The lowest BCUT2D eigenvalue weighted by atomic mass is 9.89. The van der Waals surface area contributed by atoms with Gasteiger partial charge in [-0.2, -0.15) is 0 Å².